The summed E-state index contributed by atoms with van der Waals surface area (Å²) < 4.78 is 27.8. The van der Waals surface area contributed by atoms with Crippen molar-refractivity contribution in [2.75, 3.05) is 18.4 Å². The second-order valence-electron chi connectivity index (χ2n) is 7.61. The minimum Gasteiger partial charge on any atom is -0.452 e. The van der Waals surface area contributed by atoms with Crippen LogP contribution in [-0.2, 0) is 35.6 Å². The van der Waals surface area contributed by atoms with Gasteiger partial charge in [0.1, 0.15) is 0 Å². The molecular weight excluding hydrogens is 434 g/mol. The van der Waals surface area contributed by atoms with Gasteiger partial charge in [-0.15, -0.1) is 0 Å². The second kappa shape index (κ2) is 9.92. The van der Waals surface area contributed by atoms with Crippen molar-refractivity contribution in [1.82, 2.24) is 4.90 Å². The maximum Gasteiger partial charge on any atom is 0.312 e. The Balaban J connectivity index is 1.49. The number of benzene rings is 2. The largest absolute Gasteiger partial charge is 0.452 e. The zero-order valence-corrected chi connectivity index (χ0v) is 18.4. The average Bonchev–Trinajstić information content (AvgIpc) is 3.13. The molecule has 0 radical (unpaired) electrons. The van der Waals surface area contributed by atoms with Crippen LogP contribution in [0.5, 0.6) is 0 Å². The molecule has 3 rings (SSSR count). The molecule has 1 fully saturated rings. The SMILES string of the molecule is CC(OC(=O)C1CC(=O)N(CCc2ccccc2)C1)C(=O)Nc1ccc(S(N)(=O)=O)cc1. The van der Waals surface area contributed by atoms with Crippen LogP contribution < -0.4 is 10.5 Å². The fourth-order valence-corrected chi connectivity index (χ4v) is 3.87. The fraction of sp³-hybridized carbons (Fsp3) is 0.318. The molecule has 1 aliphatic heterocycles. The third-order valence-corrected chi connectivity index (χ3v) is 6.10. The lowest BCUT2D eigenvalue weighted by molar-refractivity contribution is -0.157. The molecule has 1 saturated heterocycles. The van der Waals surface area contributed by atoms with Crippen molar-refractivity contribution >= 4 is 33.5 Å². The number of carbonyl (C=O) groups is 3. The van der Waals surface area contributed by atoms with Crippen molar-refractivity contribution in [3.63, 3.8) is 0 Å². The second-order valence-corrected chi connectivity index (χ2v) is 9.18. The van der Waals surface area contributed by atoms with Crippen LogP contribution >= 0.6 is 0 Å². The summed E-state index contributed by atoms with van der Waals surface area (Å²) in [4.78, 5) is 38.6. The molecule has 2 atom stereocenters. The summed E-state index contributed by atoms with van der Waals surface area (Å²) in [5, 5.41) is 7.58. The highest BCUT2D eigenvalue weighted by Gasteiger charge is 2.36. The number of nitrogens with one attached hydrogen (secondary N) is 1. The lowest BCUT2D eigenvalue weighted by atomic mass is 10.1. The number of hydrogen-bond acceptors (Lipinski definition) is 6. The molecule has 2 aromatic rings. The standard InChI is InChI=1S/C22H25N3O6S/c1-15(21(27)24-18-7-9-19(10-8-18)32(23,29)30)31-22(28)17-13-20(26)25(14-17)12-11-16-5-3-2-4-6-16/h2-10,15,17H,11-14H2,1H3,(H,24,27)(H2,23,29,30). The summed E-state index contributed by atoms with van der Waals surface area (Å²) in [5.41, 5.74) is 1.43. The van der Waals surface area contributed by atoms with E-state index in [0.717, 1.165) is 5.56 Å². The van der Waals surface area contributed by atoms with E-state index in [2.05, 4.69) is 5.32 Å². The summed E-state index contributed by atoms with van der Waals surface area (Å²) in [6.45, 7) is 2.20. The van der Waals surface area contributed by atoms with Gasteiger partial charge in [0.15, 0.2) is 6.10 Å². The van der Waals surface area contributed by atoms with Gasteiger partial charge in [-0.25, -0.2) is 13.6 Å². The van der Waals surface area contributed by atoms with Crippen molar-refractivity contribution < 1.29 is 27.5 Å². The lowest BCUT2D eigenvalue weighted by Crippen LogP contribution is -2.33. The number of anilines is 1. The topological polar surface area (TPSA) is 136 Å². The van der Waals surface area contributed by atoms with E-state index in [1.165, 1.54) is 31.2 Å². The Labute approximate surface area is 186 Å². The maximum atomic E-state index is 12.5. The number of carbonyl (C=O) groups excluding carboxylic acids is 3. The van der Waals surface area contributed by atoms with Gasteiger partial charge in [-0.2, -0.15) is 0 Å². The van der Waals surface area contributed by atoms with Crippen LogP contribution in [0, 0.1) is 5.92 Å². The first kappa shape index (κ1) is 23.4. The molecule has 2 amide bonds. The van der Waals surface area contributed by atoms with Crippen LogP contribution in [0.3, 0.4) is 0 Å². The van der Waals surface area contributed by atoms with E-state index in [1.54, 1.807) is 4.90 Å². The molecule has 32 heavy (non-hydrogen) atoms. The Bertz CT molecular complexity index is 1090. The van der Waals surface area contributed by atoms with Gasteiger partial charge in [0.25, 0.3) is 5.91 Å². The summed E-state index contributed by atoms with van der Waals surface area (Å²) in [5.74, 6) is -1.92. The van der Waals surface area contributed by atoms with E-state index in [1.807, 2.05) is 30.3 Å². The highest BCUT2D eigenvalue weighted by molar-refractivity contribution is 7.89. The smallest absolute Gasteiger partial charge is 0.312 e. The Hall–Kier alpha value is -3.24. The molecule has 0 aromatic heterocycles. The lowest BCUT2D eigenvalue weighted by Gasteiger charge is -2.18. The molecule has 3 N–H and O–H groups in total. The number of nitrogens with two attached hydrogens (primary N) is 1. The predicted molar refractivity (Wildman–Crippen MR) is 117 cm³/mol. The van der Waals surface area contributed by atoms with E-state index in [0.29, 0.717) is 18.7 Å². The van der Waals surface area contributed by atoms with Crippen LogP contribution in [0.1, 0.15) is 18.9 Å². The molecule has 1 heterocycles. The minimum atomic E-state index is -3.83. The van der Waals surface area contributed by atoms with Crippen LogP contribution in [0.4, 0.5) is 5.69 Å². The number of hydrogen-bond donors (Lipinski definition) is 2. The molecule has 2 aromatic carbocycles. The number of sulfonamides is 1. The highest BCUT2D eigenvalue weighted by atomic mass is 32.2. The molecule has 0 aliphatic carbocycles. The molecule has 0 spiro atoms. The number of primary sulfonamides is 1. The van der Waals surface area contributed by atoms with Gasteiger partial charge >= 0.3 is 5.97 Å². The molecule has 0 bridgehead atoms. The van der Waals surface area contributed by atoms with Crippen LogP contribution in [0.25, 0.3) is 0 Å². The number of rotatable bonds is 8. The van der Waals surface area contributed by atoms with Gasteiger partial charge in [0.2, 0.25) is 15.9 Å². The van der Waals surface area contributed by atoms with Gasteiger partial charge in [-0.1, -0.05) is 30.3 Å². The normalized spacial score (nSPS) is 17.1. The molecule has 9 nitrogen and oxygen atoms in total. The number of amides is 2. The van der Waals surface area contributed by atoms with Gasteiger partial charge in [-0.3, -0.25) is 14.4 Å². The van der Waals surface area contributed by atoms with Gasteiger partial charge in [0, 0.05) is 25.2 Å². The molecule has 0 saturated carbocycles. The van der Waals surface area contributed by atoms with Crippen molar-refractivity contribution in [1.29, 1.82) is 0 Å². The van der Waals surface area contributed by atoms with E-state index in [-0.39, 0.29) is 23.8 Å². The number of likely N-dealkylation sites (tertiary alicyclic amines) is 1. The van der Waals surface area contributed by atoms with Crippen LogP contribution in [-0.4, -0.2) is 50.3 Å². The van der Waals surface area contributed by atoms with Gasteiger partial charge in [-0.05, 0) is 43.2 Å². The van der Waals surface area contributed by atoms with Gasteiger partial charge in [0.05, 0.1) is 10.8 Å². The first-order valence-electron chi connectivity index (χ1n) is 10.1. The molecule has 170 valence electrons. The van der Waals surface area contributed by atoms with Gasteiger partial charge < -0.3 is 15.0 Å². The average molecular weight is 460 g/mol. The van der Waals surface area contributed by atoms with Crippen molar-refractivity contribution in [3.05, 3.63) is 60.2 Å². The van der Waals surface area contributed by atoms with E-state index in [4.69, 9.17) is 9.88 Å². The summed E-state index contributed by atoms with van der Waals surface area (Å²) in [6.07, 6.45) is -0.345. The van der Waals surface area contributed by atoms with E-state index < -0.39 is 33.9 Å². The molecule has 10 heteroatoms. The highest BCUT2D eigenvalue weighted by Crippen LogP contribution is 2.21. The van der Waals surface area contributed by atoms with E-state index in [9.17, 15) is 22.8 Å². The monoisotopic (exact) mass is 459 g/mol. The first-order chi connectivity index (χ1) is 15.1. The Kier molecular flexibility index (Phi) is 7.26. The number of ether oxygens (including phenoxy) is 1. The summed E-state index contributed by atoms with van der Waals surface area (Å²) in [6, 6.07) is 15.0. The zero-order chi connectivity index (χ0) is 23.3. The zero-order valence-electron chi connectivity index (χ0n) is 17.6. The first-order valence-corrected chi connectivity index (χ1v) is 11.6. The third kappa shape index (κ3) is 6.14. The van der Waals surface area contributed by atoms with Crippen molar-refractivity contribution in [2.24, 2.45) is 11.1 Å². The van der Waals surface area contributed by atoms with E-state index >= 15 is 0 Å². The quantitative estimate of drug-likeness (QED) is 0.571. The minimum absolute atomic E-state index is 0.0526. The Morgan fingerprint density at radius 1 is 1.16 bits per heavy atom. The maximum absolute atomic E-state index is 12.5. The van der Waals surface area contributed by atoms with Crippen molar-refractivity contribution in [3.8, 4) is 0 Å². The van der Waals surface area contributed by atoms with Crippen LogP contribution in [0.15, 0.2) is 59.5 Å². The summed E-state index contributed by atoms with van der Waals surface area (Å²) >= 11 is 0. The molecular formula is C22H25N3O6S. The Morgan fingerprint density at radius 2 is 1.81 bits per heavy atom. The summed E-state index contributed by atoms with van der Waals surface area (Å²) in [7, 11) is -3.83. The third-order valence-electron chi connectivity index (χ3n) is 5.17. The number of esters is 1. The molecule has 2 unspecified atom stereocenters. The van der Waals surface area contributed by atoms with Crippen LogP contribution in [0.2, 0.25) is 0 Å². The Morgan fingerprint density at radius 3 is 2.44 bits per heavy atom. The number of nitrogens with zero attached hydrogens (tertiary/aromatic N) is 1. The molecule has 1 aliphatic rings. The predicted octanol–water partition coefficient (Wildman–Crippen LogP) is 1.30. The fourth-order valence-electron chi connectivity index (χ4n) is 3.35. The van der Waals surface area contributed by atoms with Crippen molar-refractivity contribution in [2.45, 2.75) is 30.8 Å².